The molecule has 2 rings (SSSR count). The minimum absolute atomic E-state index is 0.0314. The van der Waals surface area contributed by atoms with E-state index >= 15 is 0 Å². The molecular weight excluding hydrogens is 428 g/mol. The van der Waals surface area contributed by atoms with Gasteiger partial charge in [0.15, 0.2) is 0 Å². The molecule has 3 N–H and O–H groups in total. The number of benzene rings is 1. The van der Waals surface area contributed by atoms with E-state index in [0.29, 0.717) is 25.7 Å². The maximum absolute atomic E-state index is 11.7. The second-order valence-corrected chi connectivity index (χ2v) is 9.60. The molecule has 1 saturated carbocycles. The van der Waals surface area contributed by atoms with Crippen LogP contribution in [-0.2, 0) is 16.0 Å². The molecule has 0 radical (unpaired) electrons. The lowest BCUT2D eigenvalue weighted by molar-refractivity contribution is -0.148. The smallest absolute Gasteiger partial charge is 0.306 e. The summed E-state index contributed by atoms with van der Waals surface area (Å²) in [4.78, 5) is 11.7. The number of aliphatic hydroxyl groups excluding tert-OH is 3. The van der Waals surface area contributed by atoms with Crippen molar-refractivity contribution < 1.29 is 24.9 Å². The molecule has 1 aliphatic carbocycles. The zero-order valence-corrected chi connectivity index (χ0v) is 20.9. The number of hydrogen-bond donors (Lipinski definition) is 3. The van der Waals surface area contributed by atoms with Gasteiger partial charge in [0.05, 0.1) is 24.4 Å². The van der Waals surface area contributed by atoms with Crippen molar-refractivity contribution in [2.75, 3.05) is 0 Å². The first-order valence-electron chi connectivity index (χ1n) is 13.0. The van der Waals surface area contributed by atoms with Crippen molar-refractivity contribution in [3.05, 3.63) is 60.2 Å². The van der Waals surface area contributed by atoms with Gasteiger partial charge in [-0.25, -0.2) is 0 Å². The third-order valence-corrected chi connectivity index (χ3v) is 6.76. The molecule has 34 heavy (non-hydrogen) atoms. The van der Waals surface area contributed by atoms with E-state index in [1.165, 1.54) is 5.56 Å². The van der Waals surface area contributed by atoms with E-state index in [4.69, 9.17) is 4.74 Å². The summed E-state index contributed by atoms with van der Waals surface area (Å²) in [5.41, 5.74) is 1.32. The number of rotatable bonds is 15. The zero-order valence-electron chi connectivity index (χ0n) is 20.9. The summed E-state index contributed by atoms with van der Waals surface area (Å²) >= 11 is 0. The Kier molecular flexibility index (Phi) is 13.2. The van der Waals surface area contributed by atoms with Crippen molar-refractivity contribution in [2.45, 2.75) is 102 Å². The Hall–Kier alpha value is -1.95. The van der Waals surface area contributed by atoms with Gasteiger partial charge in [0.2, 0.25) is 0 Å². The van der Waals surface area contributed by atoms with E-state index in [-0.39, 0.29) is 23.9 Å². The SMILES string of the molecule is CCC(C)OC(=O)CCC/C=C\CC1C(/C=C/[C@@H](O)CCCCc2ccccc2)[C@H](O)C[C@@H]1O. The minimum atomic E-state index is -0.592. The lowest BCUT2D eigenvalue weighted by atomic mass is 9.89. The van der Waals surface area contributed by atoms with Crippen LogP contribution in [-0.4, -0.2) is 45.7 Å². The summed E-state index contributed by atoms with van der Waals surface area (Å²) in [6, 6.07) is 10.4. The average Bonchev–Trinajstić information content (AvgIpc) is 3.10. The van der Waals surface area contributed by atoms with Crippen LogP contribution in [0.3, 0.4) is 0 Å². The number of allylic oxidation sites excluding steroid dienone is 2. The Morgan fingerprint density at radius 1 is 1.12 bits per heavy atom. The maximum atomic E-state index is 11.7. The molecule has 0 bridgehead atoms. The van der Waals surface area contributed by atoms with Gasteiger partial charge in [0, 0.05) is 18.8 Å². The van der Waals surface area contributed by atoms with E-state index in [1.54, 1.807) is 6.08 Å². The lowest BCUT2D eigenvalue weighted by Gasteiger charge is -2.19. The quantitative estimate of drug-likeness (QED) is 0.187. The Morgan fingerprint density at radius 3 is 2.62 bits per heavy atom. The van der Waals surface area contributed by atoms with Gasteiger partial charge >= 0.3 is 5.97 Å². The van der Waals surface area contributed by atoms with Crippen LogP contribution in [0.15, 0.2) is 54.6 Å². The molecule has 6 atom stereocenters. The Labute approximate surface area is 205 Å². The molecule has 1 fully saturated rings. The highest BCUT2D eigenvalue weighted by Gasteiger charge is 2.39. The average molecular weight is 473 g/mol. The van der Waals surface area contributed by atoms with Crippen molar-refractivity contribution in [1.82, 2.24) is 0 Å². The van der Waals surface area contributed by atoms with Crippen LogP contribution in [0, 0.1) is 11.8 Å². The summed E-state index contributed by atoms with van der Waals surface area (Å²) in [6.45, 7) is 3.89. The van der Waals surface area contributed by atoms with Crippen LogP contribution in [0.25, 0.3) is 0 Å². The van der Waals surface area contributed by atoms with Gasteiger partial charge in [-0.05, 0) is 63.4 Å². The van der Waals surface area contributed by atoms with Crippen molar-refractivity contribution in [2.24, 2.45) is 11.8 Å². The molecule has 3 unspecified atom stereocenters. The molecule has 5 nitrogen and oxygen atoms in total. The topological polar surface area (TPSA) is 87.0 Å². The molecule has 1 aliphatic rings. The number of unbranched alkanes of at least 4 members (excludes halogenated alkanes) is 2. The number of hydrogen-bond acceptors (Lipinski definition) is 5. The first-order valence-corrected chi connectivity index (χ1v) is 13.0. The van der Waals surface area contributed by atoms with Gasteiger partial charge in [0.1, 0.15) is 0 Å². The van der Waals surface area contributed by atoms with Crippen molar-refractivity contribution >= 4 is 5.97 Å². The molecule has 0 amide bonds. The molecule has 0 aliphatic heterocycles. The van der Waals surface area contributed by atoms with Gasteiger partial charge in [0.25, 0.3) is 0 Å². The van der Waals surface area contributed by atoms with Gasteiger partial charge in [-0.1, -0.05) is 68.0 Å². The second-order valence-electron chi connectivity index (χ2n) is 9.60. The van der Waals surface area contributed by atoms with E-state index < -0.39 is 18.3 Å². The first-order chi connectivity index (χ1) is 16.4. The summed E-state index contributed by atoms with van der Waals surface area (Å²) in [6.07, 6.45) is 13.5. The standard InChI is InChI=1S/C29H44O5/c1-3-22(2)34-29(33)18-10-5-4-9-17-25-26(28(32)21-27(25)31)20-19-24(30)16-12-11-15-23-13-7-6-8-14-23/h4,6-9,13-14,19-20,22,24-28,30-32H,3,5,10-12,15-18,21H2,1-2H3/b9-4-,20-19+/t22?,24-,25?,26?,27-,28+/m0/s1. The number of carbonyl (C=O) groups is 1. The van der Waals surface area contributed by atoms with Gasteiger partial charge in [-0.15, -0.1) is 0 Å². The maximum Gasteiger partial charge on any atom is 0.306 e. The molecular formula is C29H44O5. The minimum Gasteiger partial charge on any atom is -0.463 e. The first kappa shape index (κ1) is 28.3. The Bertz CT molecular complexity index is 744. The zero-order chi connectivity index (χ0) is 24.8. The fraction of sp³-hybridized carbons (Fsp3) is 0.621. The monoisotopic (exact) mass is 472 g/mol. The number of carbonyl (C=O) groups excluding carboxylic acids is 1. The van der Waals surface area contributed by atoms with E-state index in [1.807, 2.05) is 50.3 Å². The normalized spacial score (nSPS) is 24.6. The van der Waals surface area contributed by atoms with Crippen LogP contribution in [0.4, 0.5) is 0 Å². The summed E-state index contributed by atoms with van der Waals surface area (Å²) in [5, 5.41) is 31.2. The van der Waals surface area contributed by atoms with Crippen LogP contribution < -0.4 is 0 Å². The molecule has 0 aromatic heterocycles. The summed E-state index contributed by atoms with van der Waals surface area (Å²) in [5.74, 6) is -0.381. The van der Waals surface area contributed by atoms with E-state index in [0.717, 1.165) is 38.5 Å². The van der Waals surface area contributed by atoms with E-state index in [9.17, 15) is 20.1 Å². The number of esters is 1. The lowest BCUT2D eigenvalue weighted by Crippen LogP contribution is -2.20. The summed E-state index contributed by atoms with van der Waals surface area (Å²) in [7, 11) is 0. The number of ether oxygens (including phenoxy) is 1. The second kappa shape index (κ2) is 15.9. The molecule has 0 saturated heterocycles. The Balaban J connectivity index is 1.70. The van der Waals surface area contributed by atoms with Gasteiger partial charge in [-0.2, -0.15) is 0 Å². The highest BCUT2D eigenvalue weighted by molar-refractivity contribution is 5.69. The molecule has 1 aromatic rings. The molecule has 1 aromatic carbocycles. The van der Waals surface area contributed by atoms with Gasteiger partial charge in [-0.3, -0.25) is 4.79 Å². The molecule has 190 valence electrons. The highest BCUT2D eigenvalue weighted by atomic mass is 16.5. The molecule has 5 heteroatoms. The van der Waals surface area contributed by atoms with Crippen molar-refractivity contribution in [3.8, 4) is 0 Å². The number of aliphatic hydroxyl groups is 3. The fourth-order valence-corrected chi connectivity index (χ4v) is 4.49. The van der Waals surface area contributed by atoms with Gasteiger partial charge < -0.3 is 20.1 Å². The number of aryl methyl sites for hydroxylation is 1. The predicted octanol–water partition coefficient (Wildman–Crippen LogP) is 5.13. The van der Waals surface area contributed by atoms with Crippen molar-refractivity contribution in [1.29, 1.82) is 0 Å². The molecule has 0 heterocycles. The van der Waals surface area contributed by atoms with E-state index in [2.05, 4.69) is 12.1 Å². The van der Waals surface area contributed by atoms with Crippen molar-refractivity contribution in [3.63, 3.8) is 0 Å². The summed E-state index contributed by atoms with van der Waals surface area (Å²) < 4.78 is 5.27. The largest absolute Gasteiger partial charge is 0.463 e. The Morgan fingerprint density at radius 2 is 1.88 bits per heavy atom. The van der Waals surface area contributed by atoms with Crippen LogP contribution in [0.2, 0.25) is 0 Å². The van der Waals surface area contributed by atoms with Crippen LogP contribution in [0.5, 0.6) is 0 Å². The third-order valence-electron chi connectivity index (χ3n) is 6.76. The van der Waals surface area contributed by atoms with Crippen LogP contribution >= 0.6 is 0 Å². The highest BCUT2D eigenvalue weighted by Crippen LogP contribution is 2.36. The predicted molar refractivity (Wildman–Crippen MR) is 136 cm³/mol. The third kappa shape index (κ3) is 10.5. The van der Waals surface area contributed by atoms with Crippen LogP contribution in [0.1, 0.15) is 77.2 Å². The molecule has 0 spiro atoms. The fourth-order valence-electron chi connectivity index (χ4n) is 4.49.